The summed E-state index contributed by atoms with van der Waals surface area (Å²) in [5.41, 5.74) is 6.39. The fraction of sp³-hybridized carbons (Fsp3) is 0.200. The molecule has 0 radical (unpaired) electrons. The van der Waals surface area contributed by atoms with E-state index in [9.17, 15) is 0 Å². The normalized spacial score (nSPS) is 9.67. The maximum atomic E-state index is 4.78. The first-order valence-electron chi connectivity index (χ1n) is 9.70. The largest absolute Gasteiger partial charge is 0.254 e. The summed E-state index contributed by atoms with van der Waals surface area (Å²) in [5, 5.41) is 1.13. The minimum absolute atomic E-state index is 0.934. The summed E-state index contributed by atoms with van der Waals surface area (Å²) >= 11 is 0. The fourth-order valence-corrected chi connectivity index (χ4v) is 2.94. The second kappa shape index (κ2) is 10.2. The van der Waals surface area contributed by atoms with Crippen LogP contribution < -0.4 is 0 Å². The van der Waals surface area contributed by atoms with Gasteiger partial charge in [0.2, 0.25) is 0 Å². The summed E-state index contributed by atoms with van der Waals surface area (Å²) in [6.07, 6.45) is 1.87. The highest BCUT2D eigenvalue weighted by Gasteiger charge is 2.11. The number of pyridine rings is 2. The van der Waals surface area contributed by atoms with Crippen molar-refractivity contribution in [3.63, 3.8) is 0 Å². The molecule has 0 spiro atoms. The van der Waals surface area contributed by atoms with Gasteiger partial charge in [0.15, 0.2) is 0 Å². The lowest BCUT2D eigenvalue weighted by Crippen LogP contribution is -1.93. The second-order valence-electron chi connectivity index (χ2n) is 5.60. The summed E-state index contributed by atoms with van der Waals surface area (Å²) in [6.45, 7) is 10.0. The molecule has 0 amide bonds. The summed E-state index contributed by atoms with van der Waals surface area (Å²) in [5.74, 6) is 0. The molecule has 0 bridgehead atoms. The quantitative estimate of drug-likeness (QED) is 0.376. The molecule has 0 unspecified atom stereocenters. The van der Waals surface area contributed by atoms with Crippen LogP contribution in [0.4, 0.5) is 0 Å². The van der Waals surface area contributed by atoms with Crippen LogP contribution in [-0.2, 0) is 0 Å². The minimum Gasteiger partial charge on any atom is -0.254 e. The molecular formula is C25H28N2. The molecule has 0 saturated heterocycles. The van der Waals surface area contributed by atoms with Crippen molar-refractivity contribution >= 4 is 10.9 Å². The highest BCUT2D eigenvalue weighted by molar-refractivity contribution is 6.00. The Morgan fingerprint density at radius 3 is 1.81 bits per heavy atom. The standard InChI is InChI=1S/C21H16N2.2C2H6/c1-15-14-19(16-8-4-2-5-9-16)18-12-13-22-20(21(18)23-15)17-10-6-3-7-11-17;2*1-2/h2-14H,1H3;2*1-2H3. The van der Waals surface area contributed by atoms with Crippen LogP contribution in [0.2, 0.25) is 0 Å². The Bertz CT molecular complexity index is 961. The van der Waals surface area contributed by atoms with Gasteiger partial charge in [0.1, 0.15) is 0 Å². The van der Waals surface area contributed by atoms with E-state index in [0.717, 1.165) is 27.9 Å². The van der Waals surface area contributed by atoms with Crippen molar-refractivity contribution in [2.75, 3.05) is 0 Å². The Balaban J connectivity index is 0.000000614. The van der Waals surface area contributed by atoms with Crippen LogP contribution >= 0.6 is 0 Å². The van der Waals surface area contributed by atoms with Crippen LogP contribution in [0.3, 0.4) is 0 Å². The molecule has 4 rings (SSSR count). The average Bonchev–Trinajstić information content (AvgIpc) is 2.77. The molecule has 0 aliphatic carbocycles. The molecule has 2 nitrogen and oxygen atoms in total. The molecule has 2 aromatic heterocycles. The van der Waals surface area contributed by atoms with Gasteiger partial charge in [-0.15, -0.1) is 0 Å². The van der Waals surface area contributed by atoms with Crippen molar-refractivity contribution in [1.29, 1.82) is 0 Å². The minimum atomic E-state index is 0.934. The van der Waals surface area contributed by atoms with Crippen molar-refractivity contribution in [3.05, 3.63) is 84.7 Å². The number of aromatic nitrogens is 2. The van der Waals surface area contributed by atoms with Gasteiger partial charge in [-0.3, -0.25) is 9.97 Å². The van der Waals surface area contributed by atoms with E-state index in [2.05, 4.69) is 53.5 Å². The van der Waals surface area contributed by atoms with Crippen molar-refractivity contribution in [2.24, 2.45) is 0 Å². The van der Waals surface area contributed by atoms with E-state index in [1.54, 1.807) is 0 Å². The number of hydrogen-bond donors (Lipinski definition) is 0. The van der Waals surface area contributed by atoms with E-state index in [-0.39, 0.29) is 0 Å². The highest BCUT2D eigenvalue weighted by Crippen LogP contribution is 2.32. The SMILES string of the molecule is CC.CC.Cc1cc(-c2ccccc2)c2ccnc(-c3ccccc3)c2n1. The van der Waals surface area contributed by atoms with Gasteiger partial charge in [-0.25, -0.2) is 0 Å². The molecule has 27 heavy (non-hydrogen) atoms. The van der Waals surface area contributed by atoms with E-state index in [0.29, 0.717) is 0 Å². The van der Waals surface area contributed by atoms with Crippen LogP contribution in [0, 0.1) is 6.92 Å². The van der Waals surface area contributed by atoms with E-state index in [1.165, 1.54) is 11.1 Å². The summed E-state index contributed by atoms with van der Waals surface area (Å²) in [4.78, 5) is 9.37. The summed E-state index contributed by atoms with van der Waals surface area (Å²) in [7, 11) is 0. The van der Waals surface area contributed by atoms with Gasteiger partial charge in [-0.05, 0) is 30.2 Å². The predicted molar refractivity (Wildman–Crippen MR) is 118 cm³/mol. The van der Waals surface area contributed by atoms with E-state index in [4.69, 9.17) is 4.98 Å². The van der Waals surface area contributed by atoms with Gasteiger partial charge in [-0.1, -0.05) is 88.4 Å². The molecule has 0 aliphatic heterocycles. The van der Waals surface area contributed by atoms with Crippen LogP contribution in [0.25, 0.3) is 33.3 Å². The summed E-state index contributed by atoms with van der Waals surface area (Å²) < 4.78 is 0. The Morgan fingerprint density at radius 2 is 1.22 bits per heavy atom. The lowest BCUT2D eigenvalue weighted by Gasteiger charge is -2.11. The number of aryl methyl sites for hydroxylation is 1. The molecule has 0 saturated carbocycles. The van der Waals surface area contributed by atoms with Crippen molar-refractivity contribution < 1.29 is 0 Å². The third kappa shape index (κ3) is 4.59. The van der Waals surface area contributed by atoms with Gasteiger partial charge in [0.05, 0.1) is 11.2 Å². The number of hydrogen-bond acceptors (Lipinski definition) is 2. The van der Waals surface area contributed by atoms with Gasteiger partial charge >= 0.3 is 0 Å². The monoisotopic (exact) mass is 356 g/mol. The molecule has 0 N–H and O–H groups in total. The van der Waals surface area contributed by atoms with Gasteiger partial charge in [-0.2, -0.15) is 0 Å². The molecule has 2 aromatic carbocycles. The molecule has 4 aromatic rings. The summed E-state index contributed by atoms with van der Waals surface area (Å²) in [6, 6.07) is 24.9. The van der Waals surface area contributed by atoms with E-state index < -0.39 is 0 Å². The highest BCUT2D eigenvalue weighted by atomic mass is 14.8. The molecule has 0 atom stereocenters. The van der Waals surface area contributed by atoms with Gasteiger partial charge in [0.25, 0.3) is 0 Å². The topological polar surface area (TPSA) is 25.8 Å². The lowest BCUT2D eigenvalue weighted by molar-refractivity contribution is 1.23. The third-order valence-corrected chi connectivity index (χ3v) is 3.99. The maximum absolute atomic E-state index is 4.78. The maximum Gasteiger partial charge on any atom is 0.0974 e. The van der Waals surface area contributed by atoms with Crippen LogP contribution in [-0.4, -0.2) is 9.97 Å². The average molecular weight is 357 g/mol. The van der Waals surface area contributed by atoms with Crippen LogP contribution in [0.5, 0.6) is 0 Å². The Hall–Kier alpha value is -3.00. The zero-order chi connectivity index (χ0) is 19.6. The van der Waals surface area contributed by atoms with E-state index in [1.807, 2.05) is 65.1 Å². The van der Waals surface area contributed by atoms with Crippen LogP contribution in [0.1, 0.15) is 33.4 Å². The number of nitrogens with zero attached hydrogens (tertiary/aromatic N) is 2. The zero-order valence-corrected chi connectivity index (χ0v) is 16.9. The molecule has 0 aliphatic rings. The fourth-order valence-electron chi connectivity index (χ4n) is 2.94. The number of benzene rings is 2. The molecule has 0 fully saturated rings. The molecule has 2 heteroatoms. The third-order valence-electron chi connectivity index (χ3n) is 3.99. The first-order chi connectivity index (χ1) is 13.3. The Kier molecular flexibility index (Phi) is 7.69. The molecule has 2 heterocycles. The number of rotatable bonds is 2. The number of fused-ring (bicyclic) bond motifs is 1. The second-order valence-corrected chi connectivity index (χ2v) is 5.60. The smallest absolute Gasteiger partial charge is 0.0974 e. The van der Waals surface area contributed by atoms with E-state index >= 15 is 0 Å². The molecule has 138 valence electrons. The first-order valence-corrected chi connectivity index (χ1v) is 9.70. The molecular weight excluding hydrogens is 328 g/mol. The van der Waals surface area contributed by atoms with Crippen molar-refractivity contribution in [1.82, 2.24) is 9.97 Å². The van der Waals surface area contributed by atoms with Crippen LogP contribution in [0.15, 0.2) is 79.0 Å². The van der Waals surface area contributed by atoms with Gasteiger partial charge < -0.3 is 0 Å². The lowest BCUT2D eigenvalue weighted by atomic mass is 9.99. The predicted octanol–water partition coefficient (Wildman–Crippen LogP) is 7.32. The van der Waals surface area contributed by atoms with Gasteiger partial charge in [0, 0.05) is 22.8 Å². The van der Waals surface area contributed by atoms with Crippen molar-refractivity contribution in [2.45, 2.75) is 34.6 Å². The van der Waals surface area contributed by atoms with Crippen molar-refractivity contribution in [3.8, 4) is 22.4 Å². The Morgan fingerprint density at radius 1 is 0.667 bits per heavy atom. The zero-order valence-electron chi connectivity index (χ0n) is 16.9. The first kappa shape index (κ1) is 20.3. The Labute approximate surface area is 163 Å².